The van der Waals surface area contributed by atoms with Crippen molar-refractivity contribution in [1.29, 1.82) is 5.41 Å². The van der Waals surface area contributed by atoms with Gasteiger partial charge in [0.05, 0.1) is 35.6 Å². The molecule has 7 nitrogen and oxygen atoms in total. The van der Waals surface area contributed by atoms with Crippen molar-refractivity contribution < 1.29 is 4.74 Å². The van der Waals surface area contributed by atoms with E-state index in [4.69, 9.17) is 15.9 Å². The molecule has 1 aliphatic rings. The Labute approximate surface area is 144 Å². The number of aliphatic imine (C=N–C) groups is 1. The normalized spacial score (nSPS) is 16.0. The van der Waals surface area contributed by atoms with Crippen molar-refractivity contribution in [2.24, 2.45) is 17.8 Å². The average Bonchev–Trinajstić information content (AvgIpc) is 2.81. The van der Waals surface area contributed by atoms with Crippen LogP contribution < -0.4 is 11.3 Å². The second-order valence-electron chi connectivity index (χ2n) is 5.63. The van der Waals surface area contributed by atoms with Crippen molar-refractivity contribution in [3.63, 3.8) is 0 Å². The summed E-state index contributed by atoms with van der Waals surface area (Å²) in [5.41, 5.74) is 8.39. The summed E-state index contributed by atoms with van der Waals surface area (Å²) in [6.45, 7) is 1.83. The fraction of sp³-hybridized carbons (Fsp3) is 0.167. The van der Waals surface area contributed by atoms with Crippen molar-refractivity contribution >= 4 is 17.1 Å². The van der Waals surface area contributed by atoms with Gasteiger partial charge in [0.15, 0.2) is 5.69 Å². The Bertz CT molecular complexity index is 990. The van der Waals surface area contributed by atoms with Crippen LogP contribution in [0.2, 0.25) is 0 Å². The summed E-state index contributed by atoms with van der Waals surface area (Å²) in [4.78, 5) is 17.3. The van der Waals surface area contributed by atoms with Gasteiger partial charge in [-0.2, -0.15) is 0 Å². The predicted octanol–water partition coefficient (Wildman–Crippen LogP) is 1.96. The highest BCUT2D eigenvalue weighted by molar-refractivity contribution is 6.22. The number of allylic oxidation sites excluding steroid dienone is 2. The number of rotatable bonds is 3. The third kappa shape index (κ3) is 2.80. The number of methoxy groups -OCH3 is 1. The van der Waals surface area contributed by atoms with Crippen LogP contribution in [0.3, 0.4) is 0 Å². The Morgan fingerprint density at radius 2 is 1.88 bits per heavy atom. The lowest BCUT2D eigenvalue weighted by atomic mass is 10.1. The molecule has 25 heavy (non-hydrogen) atoms. The lowest BCUT2D eigenvalue weighted by Gasteiger charge is -2.12. The molecule has 0 radical (unpaired) electrons. The Morgan fingerprint density at radius 3 is 2.52 bits per heavy atom. The van der Waals surface area contributed by atoms with Gasteiger partial charge >= 0.3 is 0 Å². The maximum atomic E-state index is 12.9. The fourth-order valence-electron chi connectivity index (χ4n) is 2.65. The number of hydrogen-bond acceptors (Lipinski definition) is 5. The van der Waals surface area contributed by atoms with E-state index in [2.05, 4.69) is 4.99 Å². The summed E-state index contributed by atoms with van der Waals surface area (Å²) < 4.78 is 8.45. The maximum absolute atomic E-state index is 12.9. The molecule has 1 aromatic carbocycles. The highest BCUT2D eigenvalue weighted by Crippen LogP contribution is 2.20. The van der Waals surface area contributed by atoms with Crippen LogP contribution in [0.25, 0.3) is 5.69 Å². The quantitative estimate of drug-likeness (QED) is 0.838. The van der Waals surface area contributed by atoms with Crippen LogP contribution in [0.5, 0.6) is 0 Å². The molecule has 0 amide bonds. The van der Waals surface area contributed by atoms with E-state index in [1.165, 1.54) is 13.2 Å². The van der Waals surface area contributed by atoms with E-state index in [9.17, 15) is 4.79 Å². The van der Waals surface area contributed by atoms with Crippen molar-refractivity contribution in [2.45, 2.75) is 6.92 Å². The number of nitrogens with zero attached hydrogens (tertiary/aromatic N) is 3. The van der Waals surface area contributed by atoms with Gasteiger partial charge in [0, 0.05) is 13.1 Å². The number of nitrogens with two attached hydrogens (primary N) is 1. The van der Waals surface area contributed by atoms with Crippen LogP contribution in [0.15, 0.2) is 63.7 Å². The summed E-state index contributed by atoms with van der Waals surface area (Å²) in [6.07, 6.45) is 3.03. The fourth-order valence-corrected chi connectivity index (χ4v) is 2.65. The summed E-state index contributed by atoms with van der Waals surface area (Å²) in [7, 11) is 3.28. The van der Waals surface area contributed by atoms with Gasteiger partial charge in [-0.3, -0.25) is 14.9 Å². The van der Waals surface area contributed by atoms with Gasteiger partial charge < -0.3 is 10.5 Å². The van der Waals surface area contributed by atoms with Crippen LogP contribution in [0.1, 0.15) is 5.69 Å². The molecule has 1 heterocycles. The molecular weight excluding hydrogens is 318 g/mol. The molecule has 0 saturated heterocycles. The molecule has 2 aromatic rings. The van der Waals surface area contributed by atoms with E-state index in [0.717, 1.165) is 5.69 Å². The van der Waals surface area contributed by atoms with E-state index in [-0.39, 0.29) is 11.3 Å². The lowest BCUT2D eigenvalue weighted by molar-refractivity contribution is 0.315. The van der Waals surface area contributed by atoms with Crippen molar-refractivity contribution in [3.05, 3.63) is 70.0 Å². The smallest absolute Gasteiger partial charge is 0.297 e. The number of nitrogens with one attached hydrogen (secondary N) is 1. The first-order chi connectivity index (χ1) is 11.9. The van der Waals surface area contributed by atoms with E-state index in [0.29, 0.717) is 28.5 Å². The third-order valence-corrected chi connectivity index (χ3v) is 4.10. The summed E-state index contributed by atoms with van der Waals surface area (Å²) in [5.74, 6) is 0.352. The number of benzene rings is 1. The number of ether oxygens (including phenoxy) is 1. The monoisotopic (exact) mass is 337 g/mol. The second-order valence-corrected chi connectivity index (χ2v) is 5.63. The van der Waals surface area contributed by atoms with Crippen molar-refractivity contribution in [3.8, 4) is 5.69 Å². The van der Waals surface area contributed by atoms with Crippen LogP contribution in [0.4, 0.5) is 5.69 Å². The van der Waals surface area contributed by atoms with Gasteiger partial charge in [-0.15, -0.1) is 0 Å². The largest absolute Gasteiger partial charge is 0.494 e. The predicted molar refractivity (Wildman–Crippen MR) is 97.9 cm³/mol. The molecule has 3 rings (SSSR count). The standard InChI is InChI=1S/C18H19N5O2/c1-11-17(21-15-10-16(25-3)14(20)9-13(15)19)18(24)23(22(11)2)12-7-5-4-6-8-12/h4-10,20H,19H2,1-3H3/b20-14?,21-15+. The lowest BCUT2D eigenvalue weighted by Crippen LogP contribution is -2.21. The molecule has 0 spiro atoms. The van der Waals surface area contributed by atoms with Crippen molar-refractivity contribution in [1.82, 2.24) is 9.36 Å². The highest BCUT2D eigenvalue weighted by Gasteiger charge is 2.19. The Kier molecular flexibility index (Phi) is 4.14. The number of aromatic nitrogens is 2. The first kappa shape index (κ1) is 16.5. The summed E-state index contributed by atoms with van der Waals surface area (Å²) in [6, 6.07) is 9.35. The zero-order chi connectivity index (χ0) is 18.1. The molecule has 0 unspecified atom stereocenters. The molecule has 1 aromatic heterocycles. The Morgan fingerprint density at radius 1 is 1.20 bits per heavy atom. The molecular formula is C18H19N5O2. The van der Waals surface area contributed by atoms with E-state index in [1.807, 2.05) is 37.3 Å². The van der Waals surface area contributed by atoms with Gasteiger partial charge in [-0.1, -0.05) is 18.2 Å². The van der Waals surface area contributed by atoms with Gasteiger partial charge in [0.2, 0.25) is 0 Å². The molecule has 0 atom stereocenters. The molecule has 1 aliphatic carbocycles. The molecule has 128 valence electrons. The van der Waals surface area contributed by atoms with Crippen LogP contribution in [-0.2, 0) is 11.8 Å². The zero-order valence-corrected chi connectivity index (χ0v) is 14.3. The minimum atomic E-state index is -0.237. The molecule has 0 bridgehead atoms. The molecule has 0 fully saturated rings. The summed E-state index contributed by atoms with van der Waals surface area (Å²) >= 11 is 0. The summed E-state index contributed by atoms with van der Waals surface area (Å²) in [5, 5.41) is 7.81. The van der Waals surface area contributed by atoms with Crippen LogP contribution in [-0.4, -0.2) is 27.9 Å². The van der Waals surface area contributed by atoms with Gasteiger partial charge in [-0.25, -0.2) is 9.67 Å². The van der Waals surface area contributed by atoms with E-state index >= 15 is 0 Å². The average molecular weight is 337 g/mol. The van der Waals surface area contributed by atoms with Crippen molar-refractivity contribution in [2.75, 3.05) is 7.11 Å². The van der Waals surface area contributed by atoms with E-state index in [1.54, 1.807) is 22.5 Å². The molecule has 0 saturated carbocycles. The third-order valence-electron chi connectivity index (χ3n) is 4.10. The highest BCUT2D eigenvalue weighted by atomic mass is 16.5. The van der Waals surface area contributed by atoms with E-state index < -0.39 is 0 Å². The zero-order valence-electron chi connectivity index (χ0n) is 14.3. The number of para-hydroxylation sites is 1. The van der Waals surface area contributed by atoms with Gasteiger partial charge in [0.25, 0.3) is 5.56 Å². The van der Waals surface area contributed by atoms with Gasteiger partial charge in [0.1, 0.15) is 5.76 Å². The number of hydrogen-bond donors (Lipinski definition) is 2. The van der Waals surface area contributed by atoms with Crippen LogP contribution in [0, 0.1) is 12.3 Å². The Balaban J connectivity index is 2.17. The first-order valence-electron chi connectivity index (χ1n) is 7.69. The van der Waals surface area contributed by atoms with Crippen LogP contribution >= 0.6 is 0 Å². The first-order valence-corrected chi connectivity index (χ1v) is 7.69. The van der Waals surface area contributed by atoms with Gasteiger partial charge in [-0.05, 0) is 25.1 Å². The molecule has 7 heteroatoms. The topological polar surface area (TPSA) is 98.4 Å². The minimum Gasteiger partial charge on any atom is -0.494 e. The molecule has 3 N–H and O–H groups in total. The minimum absolute atomic E-state index is 0.172. The molecule has 0 aliphatic heterocycles. The Hall–Kier alpha value is -3.35. The SMILES string of the molecule is COC1=C/C(=N\c2c(C)n(C)n(-c3ccccc3)c2=O)C(N)=CC1=N. The maximum Gasteiger partial charge on any atom is 0.297 e. The second kappa shape index (κ2) is 6.27.